The lowest BCUT2D eigenvalue weighted by Crippen LogP contribution is -2.19. The lowest BCUT2D eigenvalue weighted by molar-refractivity contribution is -0.153. The van der Waals surface area contributed by atoms with Gasteiger partial charge in [0.2, 0.25) is 0 Å². The monoisotopic (exact) mass is 392 g/mol. The minimum absolute atomic E-state index is 0.0815. The Labute approximate surface area is 161 Å². The number of halogens is 3. The molecule has 0 aliphatic rings. The minimum Gasteiger partial charge on any atom is -0.493 e. The summed E-state index contributed by atoms with van der Waals surface area (Å²) in [6, 6.07) is 13.1. The maximum absolute atomic E-state index is 12.3. The largest absolute Gasteiger partial charge is 0.493 e. The molecule has 4 nitrogen and oxygen atoms in total. The molecule has 1 aromatic heterocycles. The summed E-state index contributed by atoms with van der Waals surface area (Å²) in [7, 11) is 1.41. The van der Waals surface area contributed by atoms with Gasteiger partial charge in [-0.3, -0.25) is 0 Å². The van der Waals surface area contributed by atoms with Gasteiger partial charge in [-0.25, -0.2) is 0 Å². The highest BCUT2D eigenvalue weighted by Crippen LogP contribution is 2.30. The van der Waals surface area contributed by atoms with Gasteiger partial charge in [-0.2, -0.15) is 13.2 Å². The van der Waals surface area contributed by atoms with Crippen molar-refractivity contribution in [2.75, 3.05) is 20.3 Å². The molecule has 0 aliphatic carbocycles. The molecule has 28 heavy (non-hydrogen) atoms. The van der Waals surface area contributed by atoms with Crippen molar-refractivity contribution < 1.29 is 22.6 Å². The third-order valence-corrected chi connectivity index (χ3v) is 4.53. The number of hydrogen-bond donors (Lipinski definition) is 2. The fourth-order valence-corrected chi connectivity index (χ4v) is 3.20. The number of nitrogens with one attached hydrogen (secondary N) is 2. The second kappa shape index (κ2) is 8.56. The quantitative estimate of drug-likeness (QED) is 0.544. The number of aromatic nitrogens is 1. The van der Waals surface area contributed by atoms with Crippen molar-refractivity contribution in [1.29, 1.82) is 0 Å². The van der Waals surface area contributed by atoms with Crippen LogP contribution in [-0.2, 0) is 13.0 Å². The van der Waals surface area contributed by atoms with E-state index in [1.165, 1.54) is 24.1 Å². The van der Waals surface area contributed by atoms with Gasteiger partial charge in [-0.15, -0.1) is 0 Å². The van der Waals surface area contributed by atoms with Crippen LogP contribution < -0.4 is 14.8 Å². The molecule has 150 valence electrons. The van der Waals surface area contributed by atoms with E-state index in [9.17, 15) is 13.2 Å². The molecule has 0 unspecified atom stereocenters. The Morgan fingerprint density at radius 2 is 1.86 bits per heavy atom. The maximum Gasteiger partial charge on any atom is 0.422 e. The van der Waals surface area contributed by atoms with Gasteiger partial charge >= 0.3 is 6.18 Å². The van der Waals surface area contributed by atoms with E-state index >= 15 is 0 Å². The first-order valence-corrected chi connectivity index (χ1v) is 9.01. The summed E-state index contributed by atoms with van der Waals surface area (Å²) in [5.41, 5.74) is 4.49. The Bertz CT molecular complexity index is 935. The number of ether oxygens (including phenoxy) is 2. The lowest BCUT2D eigenvalue weighted by Gasteiger charge is -2.14. The van der Waals surface area contributed by atoms with E-state index in [0.717, 1.165) is 29.7 Å². The van der Waals surface area contributed by atoms with Crippen LogP contribution in [0.15, 0.2) is 42.5 Å². The molecule has 0 atom stereocenters. The van der Waals surface area contributed by atoms with Gasteiger partial charge in [0.15, 0.2) is 18.1 Å². The van der Waals surface area contributed by atoms with Gasteiger partial charge in [-0.05, 0) is 49.2 Å². The molecule has 0 amide bonds. The molecule has 0 saturated carbocycles. The zero-order valence-corrected chi connectivity index (χ0v) is 15.8. The number of hydrogen-bond acceptors (Lipinski definition) is 3. The molecule has 0 bridgehead atoms. The van der Waals surface area contributed by atoms with Crippen molar-refractivity contribution in [3.63, 3.8) is 0 Å². The third kappa shape index (κ3) is 4.98. The number of H-pyrrole nitrogens is 1. The minimum atomic E-state index is -4.38. The summed E-state index contributed by atoms with van der Waals surface area (Å²) < 4.78 is 46.9. The highest BCUT2D eigenvalue weighted by Gasteiger charge is 2.29. The van der Waals surface area contributed by atoms with E-state index < -0.39 is 12.8 Å². The van der Waals surface area contributed by atoms with Crippen molar-refractivity contribution in [3.8, 4) is 11.5 Å². The fraction of sp³-hybridized carbons (Fsp3) is 0.333. The van der Waals surface area contributed by atoms with Gasteiger partial charge in [0.1, 0.15) is 0 Å². The topological polar surface area (TPSA) is 46.3 Å². The number of aromatic amines is 1. The highest BCUT2D eigenvalue weighted by molar-refractivity contribution is 5.84. The van der Waals surface area contributed by atoms with E-state index in [-0.39, 0.29) is 11.5 Å². The number of fused-ring (bicyclic) bond motifs is 1. The number of benzene rings is 2. The molecule has 0 fully saturated rings. The highest BCUT2D eigenvalue weighted by atomic mass is 19.4. The zero-order chi connectivity index (χ0) is 20.1. The van der Waals surface area contributed by atoms with E-state index in [2.05, 4.69) is 29.4 Å². The average Bonchev–Trinajstić information content (AvgIpc) is 2.98. The fourth-order valence-electron chi connectivity index (χ4n) is 3.20. The Morgan fingerprint density at radius 1 is 1.07 bits per heavy atom. The second-order valence-corrected chi connectivity index (χ2v) is 6.59. The van der Waals surface area contributed by atoms with Crippen LogP contribution >= 0.6 is 0 Å². The van der Waals surface area contributed by atoms with Crippen LogP contribution in [0.25, 0.3) is 10.9 Å². The summed E-state index contributed by atoms with van der Waals surface area (Å²) in [5, 5.41) is 4.60. The van der Waals surface area contributed by atoms with Gasteiger partial charge in [0.05, 0.1) is 7.11 Å². The van der Waals surface area contributed by atoms with Crippen molar-refractivity contribution in [3.05, 3.63) is 59.3 Å². The number of para-hydroxylation sites is 1. The van der Waals surface area contributed by atoms with Crippen LogP contribution in [0.4, 0.5) is 13.2 Å². The van der Waals surface area contributed by atoms with E-state index in [1.54, 1.807) is 12.1 Å². The van der Waals surface area contributed by atoms with E-state index in [4.69, 9.17) is 9.47 Å². The van der Waals surface area contributed by atoms with Gasteiger partial charge < -0.3 is 19.8 Å². The Morgan fingerprint density at radius 3 is 2.61 bits per heavy atom. The summed E-state index contributed by atoms with van der Waals surface area (Å²) in [4.78, 5) is 3.39. The Kier molecular flexibility index (Phi) is 6.14. The second-order valence-electron chi connectivity index (χ2n) is 6.59. The zero-order valence-electron chi connectivity index (χ0n) is 15.8. The van der Waals surface area contributed by atoms with E-state index in [1.807, 2.05) is 12.1 Å². The van der Waals surface area contributed by atoms with Crippen LogP contribution in [0.2, 0.25) is 0 Å². The summed E-state index contributed by atoms with van der Waals surface area (Å²) in [6.07, 6.45) is -3.51. The molecular formula is C21H23F3N2O2. The number of alkyl halides is 3. The predicted octanol–water partition coefficient (Wildman–Crippen LogP) is 4.76. The van der Waals surface area contributed by atoms with E-state index in [0.29, 0.717) is 6.54 Å². The normalized spacial score (nSPS) is 11.8. The summed E-state index contributed by atoms with van der Waals surface area (Å²) >= 11 is 0. The number of rotatable bonds is 8. The van der Waals surface area contributed by atoms with Crippen molar-refractivity contribution in [1.82, 2.24) is 10.3 Å². The first kappa shape index (κ1) is 20.1. The molecule has 0 saturated heterocycles. The van der Waals surface area contributed by atoms with Crippen LogP contribution in [0.1, 0.15) is 16.8 Å². The Hall–Kier alpha value is -2.67. The van der Waals surface area contributed by atoms with Crippen molar-refractivity contribution in [2.45, 2.75) is 26.1 Å². The van der Waals surface area contributed by atoms with Crippen molar-refractivity contribution in [2.24, 2.45) is 0 Å². The molecule has 0 aliphatic heterocycles. The molecular weight excluding hydrogens is 369 g/mol. The van der Waals surface area contributed by atoms with Crippen LogP contribution in [0.3, 0.4) is 0 Å². The smallest absolute Gasteiger partial charge is 0.422 e. The van der Waals surface area contributed by atoms with Crippen LogP contribution in [0.5, 0.6) is 11.5 Å². The predicted molar refractivity (Wildman–Crippen MR) is 103 cm³/mol. The standard InChI is InChI=1S/C21H23F3N2O2/c1-14-16(17-5-3-4-6-18(17)26-14)9-10-25-12-15-7-8-19(20(11-15)27-2)28-13-21(22,23)24/h3-8,11,25-26H,9-10,12-13H2,1-2H3. The van der Waals surface area contributed by atoms with Crippen LogP contribution in [0, 0.1) is 6.92 Å². The summed E-state index contributed by atoms with van der Waals surface area (Å²) in [5.74, 6) is 0.369. The van der Waals surface area contributed by atoms with Gasteiger partial charge in [0, 0.05) is 23.1 Å². The third-order valence-electron chi connectivity index (χ3n) is 4.53. The molecule has 7 heteroatoms. The SMILES string of the molecule is COc1cc(CNCCc2c(C)[nH]c3ccccc23)ccc1OCC(F)(F)F. The molecule has 0 radical (unpaired) electrons. The Balaban J connectivity index is 1.56. The van der Waals surface area contributed by atoms with Gasteiger partial charge in [0.25, 0.3) is 0 Å². The lowest BCUT2D eigenvalue weighted by atomic mass is 10.1. The summed E-state index contributed by atoms with van der Waals surface area (Å²) in [6.45, 7) is 2.08. The molecule has 3 aromatic rings. The first-order chi connectivity index (χ1) is 13.4. The molecule has 3 rings (SSSR count). The number of aryl methyl sites for hydroxylation is 1. The van der Waals surface area contributed by atoms with Crippen molar-refractivity contribution >= 4 is 10.9 Å². The first-order valence-electron chi connectivity index (χ1n) is 9.01. The molecule has 0 spiro atoms. The van der Waals surface area contributed by atoms with Gasteiger partial charge in [-0.1, -0.05) is 24.3 Å². The molecule has 2 N–H and O–H groups in total. The molecule has 1 heterocycles. The molecule has 2 aromatic carbocycles. The average molecular weight is 392 g/mol. The number of methoxy groups -OCH3 is 1. The maximum atomic E-state index is 12.3. The van der Waals surface area contributed by atoms with Crippen LogP contribution in [-0.4, -0.2) is 31.4 Å².